The molecular formula is C35H42Cl2N4O6S. The van der Waals surface area contributed by atoms with Crippen molar-refractivity contribution in [2.24, 2.45) is 4.99 Å². The van der Waals surface area contributed by atoms with Crippen molar-refractivity contribution >= 4 is 51.1 Å². The van der Waals surface area contributed by atoms with Gasteiger partial charge in [0.15, 0.2) is 0 Å². The number of sulfonamides is 1. The molecule has 48 heavy (non-hydrogen) atoms. The van der Waals surface area contributed by atoms with Crippen molar-refractivity contribution in [2.45, 2.75) is 51.2 Å². The molecule has 0 saturated carbocycles. The van der Waals surface area contributed by atoms with Crippen molar-refractivity contribution in [3.05, 3.63) is 99.0 Å². The summed E-state index contributed by atoms with van der Waals surface area (Å²) in [5, 5.41) is 0.458. The van der Waals surface area contributed by atoms with Crippen LogP contribution in [0.2, 0.25) is 10.0 Å². The maximum absolute atomic E-state index is 13.7. The Labute approximate surface area is 293 Å². The standard InChI is InChI=1S/C35H42Cl2N4O6S/c1-25-29(36)15-16-30(32(25)37)48(44,45)40(19-17-26-9-7-6-8-10-26)21-22-46-24-31(42)39(5)23-27-11-13-28(14-12-27)33-38-18-20-41(33)34(43)47-35(2,3)4/h6-16H,17-24H2,1-5H3. The van der Waals surface area contributed by atoms with E-state index in [1.165, 1.54) is 26.2 Å². The molecule has 258 valence electrons. The normalized spacial score (nSPS) is 13.5. The van der Waals surface area contributed by atoms with Crippen LogP contribution in [-0.4, -0.2) is 92.4 Å². The molecule has 0 saturated heterocycles. The van der Waals surface area contributed by atoms with Gasteiger partial charge in [0.2, 0.25) is 15.9 Å². The van der Waals surface area contributed by atoms with Gasteiger partial charge in [-0.25, -0.2) is 13.2 Å². The molecule has 0 unspecified atom stereocenters. The fourth-order valence-electron chi connectivity index (χ4n) is 4.97. The smallest absolute Gasteiger partial charge is 0.416 e. The number of amidine groups is 1. The van der Waals surface area contributed by atoms with E-state index < -0.39 is 21.7 Å². The Morgan fingerprint density at radius 2 is 1.65 bits per heavy atom. The van der Waals surface area contributed by atoms with Crippen molar-refractivity contribution in [1.82, 2.24) is 14.1 Å². The molecule has 0 bridgehead atoms. The molecule has 0 radical (unpaired) electrons. The molecule has 13 heteroatoms. The second-order valence-corrected chi connectivity index (χ2v) is 15.2. The Bertz CT molecular complexity index is 1730. The molecule has 0 aliphatic carbocycles. The highest BCUT2D eigenvalue weighted by molar-refractivity contribution is 7.89. The first-order valence-corrected chi connectivity index (χ1v) is 17.8. The summed E-state index contributed by atoms with van der Waals surface area (Å²) in [4.78, 5) is 33.1. The quantitative estimate of drug-likeness (QED) is 0.195. The molecule has 2 amide bonds. The summed E-state index contributed by atoms with van der Waals surface area (Å²) in [6.45, 7) is 8.42. The van der Waals surface area contributed by atoms with E-state index in [0.29, 0.717) is 42.5 Å². The molecule has 0 atom stereocenters. The average Bonchev–Trinajstić information content (AvgIpc) is 3.53. The summed E-state index contributed by atoms with van der Waals surface area (Å²) in [5.41, 5.74) is 2.52. The van der Waals surface area contributed by atoms with Gasteiger partial charge in [-0.3, -0.25) is 14.7 Å². The molecule has 4 rings (SSSR count). The van der Waals surface area contributed by atoms with Gasteiger partial charge in [0, 0.05) is 37.3 Å². The highest BCUT2D eigenvalue weighted by Gasteiger charge is 2.30. The van der Waals surface area contributed by atoms with Crippen molar-refractivity contribution in [2.75, 3.05) is 46.4 Å². The van der Waals surface area contributed by atoms with Crippen molar-refractivity contribution < 1.29 is 27.5 Å². The predicted molar refractivity (Wildman–Crippen MR) is 188 cm³/mol. The molecule has 1 aliphatic heterocycles. The van der Waals surface area contributed by atoms with E-state index in [1.807, 2.05) is 75.4 Å². The molecule has 3 aromatic carbocycles. The van der Waals surface area contributed by atoms with Crippen LogP contribution in [0.4, 0.5) is 4.79 Å². The van der Waals surface area contributed by atoms with Crippen LogP contribution in [-0.2, 0) is 37.3 Å². The molecule has 0 N–H and O–H groups in total. The lowest BCUT2D eigenvalue weighted by Crippen LogP contribution is -2.39. The Morgan fingerprint density at radius 1 is 0.958 bits per heavy atom. The van der Waals surface area contributed by atoms with Gasteiger partial charge < -0.3 is 14.4 Å². The number of ether oxygens (including phenoxy) is 2. The number of likely N-dealkylation sites (N-methyl/N-ethyl adjacent to an activating group) is 1. The number of hydrogen-bond acceptors (Lipinski definition) is 7. The Hall–Kier alpha value is -3.48. The topological polar surface area (TPSA) is 109 Å². The van der Waals surface area contributed by atoms with Gasteiger partial charge >= 0.3 is 6.09 Å². The number of hydrogen-bond donors (Lipinski definition) is 0. The average molecular weight is 718 g/mol. The maximum atomic E-state index is 13.7. The van der Waals surface area contributed by atoms with Gasteiger partial charge in [-0.1, -0.05) is 77.8 Å². The van der Waals surface area contributed by atoms with Gasteiger partial charge in [0.25, 0.3) is 0 Å². The van der Waals surface area contributed by atoms with Crippen LogP contribution in [0.5, 0.6) is 0 Å². The minimum Gasteiger partial charge on any atom is -0.443 e. The zero-order valence-corrected chi connectivity index (χ0v) is 30.2. The number of halogens is 2. The summed E-state index contributed by atoms with van der Waals surface area (Å²) in [6.07, 6.45) is 0.0471. The van der Waals surface area contributed by atoms with Gasteiger partial charge in [0.05, 0.1) is 24.7 Å². The summed E-state index contributed by atoms with van der Waals surface area (Å²) in [5.74, 6) is 0.298. The van der Waals surface area contributed by atoms with Crippen molar-refractivity contribution in [1.29, 1.82) is 0 Å². The van der Waals surface area contributed by atoms with Gasteiger partial charge in [-0.05, 0) is 62.9 Å². The van der Waals surface area contributed by atoms with E-state index >= 15 is 0 Å². The third-order valence-electron chi connectivity index (χ3n) is 7.62. The summed E-state index contributed by atoms with van der Waals surface area (Å²) >= 11 is 12.6. The molecule has 3 aromatic rings. The third-order valence-corrected chi connectivity index (χ3v) is 10.6. The van der Waals surface area contributed by atoms with Gasteiger partial charge in [-0.2, -0.15) is 4.31 Å². The van der Waals surface area contributed by atoms with E-state index in [1.54, 1.807) is 14.0 Å². The number of carbonyl (C=O) groups is 2. The number of nitrogens with zero attached hydrogens (tertiary/aromatic N) is 4. The first kappa shape index (κ1) is 37.3. The molecule has 1 heterocycles. The number of aliphatic imine (C=N–C) groups is 1. The molecule has 1 aliphatic rings. The first-order chi connectivity index (χ1) is 22.7. The van der Waals surface area contributed by atoms with Crippen LogP contribution < -0.4 is 0 Å². The van der Waals surface area contributed by atoms with Crippen LogP contribution in [0.3, 0.4) is 0 Å². The summed E-state index contributed by atoms with van der Waals surface area (Å²) in [7, 11) is -2.32. The Morgan fingerprint density at radius 3 is 2.31 bits per heavy atom. The number of benzene rings is 3. The Kier molecular flexibility index (Phi) is 12.7. The molecule has 0 fully saturated rings. The van der Waals surface area contributed by atoms with Crippen LogP contribution >= 0.6 is 23.2 Å². The SMILES string of the molecule is Cc1c(Cl)ccc(S(=O)(=O)N(CCOCC(=O)N(C)Cc2ccc(C3=NCCN3C(=O)OC(C)(C)C)cc2)CCc2ccccc2)c1Cl. The van der Waals surface area contributed by atoms with Crippen LogP contribution in [0.15, 0.2) is 76.6 Å². The highest BCUT2D eigenvalue weighted by atomic mass is 35.5. The van der Waals surface area contributed by atoms with Crippen LogP contribution in [0, 0.1) is 6.92 Å². The number of rotatable bonds is 13. The second kappa shape index (κ2) is 16.3. The van der Waals surface area contributed by atoms with E-state index in [4.69, 9.17) is 32.7 Å². The summed E-state index contributed by atoms with van der Waals surface area (Å²) < 4.78 is 40.0. The molecule has 10 nitrogen and oxygen atoms in total. The third kappa shape index (κ3) is 9.79. The first-order valence-electron chi connectivity index (χ1n) is 15.6. The fraction of sp³-hybridized carbons (Fsp3) is 0.400. The molecule has 0 spiro atoms. The van der Waals surface area contributed by atoms with E-state index in [-0.39, 0.29) is 42.1 Å². The zero-order valence-electron chi connectivity index (χ0n) is 27.9. The monoisotopic (exact) mass is 716 g/mol. The van der Waals surface area contributed by atoms with E-state index in [2.05, 4.69) is 4.99 Å². The second-order valence-electron chi connectivity index (χ2n) is 12.5. The lowest BCUT2D eigenvalue weighted by molar-refractivity contribution is -0.135. The van der Waals surface area contributed by atoms with Crippen LogP contribution in [0.1, 0.15) is 43.0 Å². The Balaban J connectivity index is 1.33. The van der Waals surface area contributed by atoms with Crippen LogP contribution in [0.25, 0.3) is 0 Å². The highest BCUT2D eigenvalue weighted by Crippen LogP contribution is 2.32. The largest absolute Gasteiger partial charge is 0.443 e. The maximum Gasteiger partial charge on any atom is 0.416 e. The number of amides is 2. The van der Waals surface area contributed by atoms with Gasteiger partial charge in [0.1, 0.15) is 22.9 Å². The predicted octanol–water partition coefficient (Wildman–Crippen LogP) is 6.21. The van der Waals surface area contributed by atoms with E-state index in [9.17, 15) is 18.0 Å². The minimum atomic E-state index is -3.99. The lowest BCUT2D eigenvalue weighted by Gasteiger charge is -2.25. The molecule has 0 aromatic heterocycles. The molecular weight excluding hydrogens is 675 g/mol. The zero-order chi connectivity index (χ0) is 35.1. The lowest BCUT2D eigenvalue weighted by atomic mass is 10.1. The fourth-order valence-corrected chi connectivity index (χ4v) is 7.18. The van der Waals surface area contributed by atoms with Crippen molar-refractivity contribution in [3.63, 3.8) is 0 Å². The number of carbonyl (C=O) groups excluding carboxylic acids is 2. The van der Waals surface area contributed by atoms with Crippen molar-refractivity contribution in [3.8, 4) is 0 Å². The minimum absolute atomic E-state index is 0.00273. The van der Waals surface area contributed by atoms with E-state index in [0.717, 1.165) is 16.7 Å². The van der Waals surface area contributed by atoms with Gasteiger partial charge in [-0.15, -0.1) is 0 Å². The summed E-state index contributed by atoms with van der Waals surface area (Å²) in [6, 6.07) is 20.0.